The van der Waals surface area contributed by atoms with Crippen molar-refractivity contribution in [2.75, 3.05) is 19.8 Å². The number of aryl methyl sites for hydroxylation is 1. The molecule has 3 saturated heterocycles. The molecule has 190 valence electrons. The van der Waals surface area contributed by atoms with E-state index in [0.29, 0.717) is 31.3 Å². The van der Waals surface area contributed by atoms with Crippen LogP contribution in [0.15, 0.2) is 54.6 Å². The number of hydrogen-bond acceptors (Lipinski definition) is 4. The van der Waals surface area contributed by atoms with Gasteiger partial charge in [0.2, 0.25) is 5.91 Å². The average molecular weight is 487 g/mol. The van der Waals surface area contributed by atoms with Gasteiger partial charge in [0.1, 0.15) is 5.82 Å². The van der Waals surface area contributed by atoms with E-state index in [-0.39, 0.29) is 17.9 Å². The topological polar surface area (TPSA) is 59.4 Å². The second-order valence-corrected chi connectivity index (χ2v) is 10.9. The van der Waals surface area contributed by atoms with Crippen molar-refractivity contribution in [3.63, 3.8) is 0 Å². The molecule has 3 aliphatic heterocycles. The lowest BCUT2D eigenvalue weighted by Gasteiger charge is -2.40. The molecule has 3 aromatic rings. The highest BCUT2D eigenvalue weighted by atomic mass is 16.5. The van der Waals surface area contributed by atoms with E-state index in [4.69, 9.17) is 9.72 Å². The summed E-state index contributed by atoms with van der Waals surface area (Å²) in [5.41, 5.74) is 3.59. The number of aromatic nitrogens is 2. The molecular formula is C30H38N4O2. The minimum Gasteiger partial charge on any atom is -0.381 e. The fourth-order valence-electron chi connectivity index (χ4n) is 6.98. The predicted octanol–water partition coefficient (Wildman–Crippen LogP) is 5.19. The molecule has 6 heteroatoms. The third kappa shape index (κ3) is 4.69. The molecule has 6 rings (SSSR count). The molecule has 3 fully saturated rings. The molecule has 1 amide bonds. The molecule has 4 atom stereocenters. The van der Waals surface area contributed by atoms with E-state index in [1.165, 1.54) is 36.8 Å². The second-order valence-electron chi connectivity index (χ2n) is 10.9. The smallest absolute Gasteiger partial charge is 0.223 e. The maximum Gasteiger partial charge on any atom is 0.223 e. The maximum atomic E-state index is 13.1. The standard InChI is InChI=1S/C30H38N4O2/c1-21-31-28-9-5-6-10-29(28)34(21)26-19-24-11-12-25(20-26)33(24)16-13-27(22-7-3-2-4-8-22)32-30(35)23-14-17-36-18-15-23/h2-10,23-27H,11-20H2,1H3,(H,32,35)/t24-,25+,26+,27-/m0/s1. The Balaban J connectivity index is 1.14. The van der Waals surface area contributed by atoms with Gasteiger partial charge in [-0.3, -0.25) is 9.69 Å². The Morgan fingerprint density at radius 1 is 0.972 bits per heavy atom. The number of nitrogens with one attached hydrogen (secondary N) is 1. The Labute approximate surface area is 214 Å². The quantitative estimate of drug-likeness (QED) is 0.500. The number of imidazole rings is 1. The Kier molecular flexibility index (Phi) is 6.81. The lowest BCUT2D eigenvalue weighted by atomic mass is 9.94. The van der Waals surface area contributed by atoms with E-state index in [9.17, 15) is 4.79 Å². The summed E-state index contributed by atoms with van der Waals surface area (Å²) in [6, 6.07) is 20.9. The first-order valence-corrected chi connectivity index (χ1v) is 13.8. The fourth-order valence-corrected chi connectivity index (χ4v) is 6.98. The number of carbonyl (C=O) groups excluding carboxylic acids is 1. The van der Waals surface area contributed by atoms with Crippen LogP contribution in [0.4, 0.5) is 0 Å². The number of benzene rings is 2. The highest BCUT2D eigenvalue weighted by molar-refractivity contribution is 5.79. The van der Waals surface area contributed by atoms with Crippen molar-refractivity contribution in [2.45, 2.75) is 76.0 Å². The molecule has 0 saturated carbocycles. The van der Waals surface area contributed by atoms with Gasteiger partial charge in [-0.25, -0.2) is 4.98 Å². The summed E-state index contributed by atoms with van der Waals surface area (Å²) in [5, 5.41) is 3.42. The molecule has 1 aromatic heterocycles. The zero-order valence-corrected chi connectivity index (χ0v) is 21.3. The highest BCUT2D eigenvalue weighted by Gasteiger charge is 2.41. The lowest BCUT2D eigenvalue weighted by molar-refractivity contribution is -0.128. The number of nitrogens with zero attached hydrogens (tertiary/aromatic N) is 3. The van der Waals surface area contributed by atoms with Crippen molar-refractivity contribution < 1.29 is 9.53 Å². The van der Waals surface area contributed by atoms with E-state index in [2.05, 4.69) is 70.2 Å². The summed E-state index contributed by atoms with van der Waals surface area (Å²) in [6.45, 7) is 4.56. The maximum absolute atomic E-state index is 13.1. The van der Waals surface area contributed by atoms with Crippen LogP contribution in [0.25, 0.3) is 11.0 Å². The van der Waals surface area contributed by atoms with E-state index in [1.54, 1.807) is 0 Å². The largest absolute Gasteiger partial charge is 0.381 e. The van der Waals surface area contributed by atoms with Crippen molar-refractivity contribution >= 4 is 16.9 Å². The van der Waals surface area contributed by atoms with Gasteiger partial charge in [0.15, 0.2) is 0 Å². The van der Waals surface area contributed by atoms with Crippen LogP contribution in [0.3, 0.4) is 0 Å². The summed E-state index contributed by atoms with van der Waals surface area (Å²) in [4.78, 5) is 20.7. The van der Waals surface area contributed by atoms with Gasteiger partial charge in [0.25, 0.3) is 0 Å². The SMILES string of the molecule is Cc1nc2ccccc2n1[C@H]1C[C@H]2CC[C@@H](C1)N2CC[C@H](NC(=O)C1CCOCC1)c1ccccc1. The number of rotatable bonds is 7. The van der Waals surface area contributed by atoms with Crippen molar-refractivity contribution in [1.82, 2.24) is 19.8 Å². The molecule has 6 nitrogen and oxygen atoms in total. The summed E-state index contributed by atoms with van der Waals surface area (Å²) < 4.78 is 7.97. The Hall–Kier alpha value is -2.70. The summed E-state index contributed by atoms with van der Waals surface area (Å²) in [5.74, 6) is 1.40. The third-order valence-corrected chi connectivity index (χ3v) is 8.78. The second kappa shape index (κ2) is 10.3. The first-order valence-electron chi connectivity index (χ1n) is 13.8. The molecule has 0 radical (unpaired) electrons. The molecular weight excluding hydrogens is 448 g/mol. The van der Waals surface area contributed by atoms with Crippen molar-refractivity contribution in [2.24, 2.45) is 5.92 Å². The van der Waals surface area contributed by atoms with Crippen molar-refractivity contribution in [1.29, 1.82) is 0 Å². The molecule has 36 heavy (non-hydrogen) atoms. The van der Waals surface area contributed by atoms with E-state index in [0.717, 1.165) is 37.1 Å². The molecule has 0 unspecified atom stereocenters. The van der Waals surface area contributed by atoms with E-state index < -0.39 is 0 Å². The van der Waals surface area contributed by atoms with Gasteiger partial charge in [-0.05, 0) is 69.6 Å². The van der Waals surface area contributed by atoms with Crippen LogP contribution in [0, 0.1) is 12.8 Å². The number of fused-ring (bicyclic) bond motifs is 3. The Morgan fingerprint density at radius 3 is 2.42 bits per heavy atom. The van der Waals surface area contributed by atoms with E-state index in [1.807, 2.05) is 6.07 Å². The summed E-state index contributed by atoms with van der Waals surface area (Å²) in [7, 11) is 0. The minimum absolute atomic E-state index is 0.0542. The first kappa shape index (κ1) is 23.7. The lowest BCUT2D eigenvalue weighted by Crippen LogP contribution is -2.45. The van der Waals surface area contributed by atoms with Crippen LogP contribution in [-0.2, 0) is 9.53 Å². The Morgan fingerprint density at radius 2 is 1.67 bits per heavy atom. The van der Waals surface area contributed by atoms with Gasteiger partial charge < -0.3 is 14.6 Å². The molecule has 1 N–H and O–H groups in total. The third-order valence-electron chi connectivity index (χ3n) is 8.78. The number of para-hydroxylation sites is 2. The summed E-state index contributed by atoms with van der Waals surface area (Å²) >= 11 is 0. The molecule has 2 aromatic carbocycles. The van der Waals surface area contributed by atoms with Crippen molar-refractivity contribution in [3.8, 4) is 0 Å². The van der Waals surface area contributed by atoms with Gasteiger partial charge in [-0.15, -0.1) is 0 Å². The van der Waals surface area contributed by atoms with Gasteiger partial charge in [0, 0.05) is 43.8 Å². The number of hydrogen-bond donors (Lipinski definition) is 1. The van der Waals surface area contributed by atoms with Gasteiger partial charge in [-0.2, -0.15) is 0 Å². The molecule has 4 heterocycles. The van der Waals surface area contributed by atoms with Crippen LogP contribution in [0.2, 0.25) is 0 Å². The van der Waals surface area contributed by atoms with Gasteiger partial charge >= 0.3 is 0 Å². The molecule has 3 aliphatic rings. The highest BCUT2D eigenvalue weighted by Crippen LogP contribution is 2.42. The number of piperidine rings is 1. The van der Waals surface area contributed by atoms with E-state index >= 15 is 0 Å². The van der Waals surface area contributed by atoms with Gasteiger partial charge in [0.05, 0.1) is 17.1 Å². The summed E-state index contributed by atoms with van der Waals surface area (Å²) in [6.07, 6.45) is 7.52. The van der Waals surface area contributed by atoms with Crippen LogP contribution in [-0.4, -0.2) is 52.2 Å². The average Bonchev–Trinajstić information content (AvgIpc) is 3.37. The first-order chi connectivity index (χ1) is 17.7. The monoisotopic (exact) mass is 486 g/mol. The van der Waals surface area contributed by atoms with Crippen molar-refractivity contribution in [3.05, 3.63) is 66.0 Å². The number of carbonyl (C=O) groups is 1. The minimum atomic E-state index is 0.0542. The molecule has 0 spiro atoms. The fraction of sp³-hybridized carbons (Fsp3) is 0.533. The molecule has 0 aliphatic carbocycles. The van der Waals surface area contributed by atoms with Crippen LogP contribution >= 0.6 is 0 Å². The van der Waals surface area contributed by atoms with Crippen LogP contribution < -0.4 is 5.32 Å². The van der Waals surface area contributed by atoms with Crippen LogP contribution in [0.5, 0.6) is 0 Å². The van der Waals surface area contributed by atoms with Crippen LogP contribution in [0.1, 0.15) is 68.4 Å². The zero-order chi connectivity index (χ0) is 24.5. The number of amides is 1. The normalized spacial score (nSPS) is 25.8. The number of ether oxygens (including phenoxy) is 1. The van der Waals surface area contributed by atoms with Gasteiger partial charge in [-0.1, -0.05) is 42.5 Å². The Bertz CT molecular complexity index is 1170. The zero-order valence-electron chi connectivity index (χ0n) is 21.3. The molecule has 2 bridgehead atoms. The predicted molar refractivity (Wildman–Crippen MR) is 142 cm³/mol.